The number of ether oxygens (including phenoxy) is 1. The summed E-state index contributed by atoms with van der Waals surface area (Å²) in [5, 5.41) is 2.01. The average Bonchev–Trinajstić information content (AvgIpc) is 2.65. The molecule has 0 aliphatic carbocycles. The van der Waals surface area contributed by atoms with Crippen LogP contribution in [0, 0.1) is 20.8 Å². The monoisotopic (exact) mass is 354 g/mol. The topological polar surface area (TPSA) is 26.3 Å². The number of carbonyl (C=O) groups is 1. The highest BCUT2D eigenvalue weighted by Gasteiger charge is 2.25. The van der Waals surface area contributed by atoms with Gasteiger partial charge in [-0.2, -0.15) is 0 Å². The minimum absolute atomic E-state index is 0.0588. The number of rotatable bonds is 2. The van der Waals surface area contributed by atoms with Gasteiger partial charge in [-0.3, -0.25) is 4.79 Å². The van der Waals surface area contributed by atoms with Gasteiger partial charge in [-0.05, 0) is 55.2 Å². The second-order valence-electron chi connectivity index (χ2n) is 7.21. The minimum atomic E-state index is 0.0588. The zero-order chi connectivity index (χ0) is 19.3. The summed E-state index contributed by atoms with van der Waals surface area (Å²) >= 11 is 0. The Kier molecular flexibility index (Phi) is 4.00. The first-order valence-electron chi connectivity index (χ1n) is 9.11. The van der Waals surface area contributed by atoms with Gasteiger partial charge in [0.2, 0.25) is 0 Å². The molecular formula is C25H22O2. The Balaban J connectivity index is 2.28. The first-order valence-corrected chi connectivity index (χ1v) is 9.11. The molecule has 0 unspecified atom stereocenters. The fourth-order valence-corrected chi connectivity index (χ4v) is 3.90. The zero-order valence-corrected chi connectivity index (χ0v) is 16.1. The van der Waals surface area contributed by atoms with Gasteiger partial charge in [-0.15, -0.1) is 0 Å². The van der Waals surface area contributed by atoms with Crippen molar-refractivity contribution in [3.63, 3.8) is 0 Å². The molecule has 3 aromatic rings. The van der Waals surface area contributed by atoms with Crippen molar-refractivity contribution in [2.75, 3.05) is 0 Å². The van der Waals surface area contributed by atoms with Crippen LogP contribution in [0.2, 0.25) is 0 Å². The third kappa shape index (κ3) is 2.60. The summed E-state index contributed by atoms with van der Waals surface area (Å²) in [6.07, 6.45) is 0. The predicted octanol–water partition coefficient (Wildman–Crippen LogP) is 4.58. The summed E-state index contributed by atoms with van der Waals surface area (Å²) in [6.45, 7) is 12.0. The van der Waals surface area contributed by atoms with Crippen molar-refractivity contribution >= 4 is 17.9 Å². The van der Waals surface area contributed by atoms with Crippen molar-refractivity contribution in [3.05, 3.63) is 92.3 Å². The summed E-state index contributed by atoms with van der Waals surface area (Å²) in [5.41, 5.74) is 6.95. The van der Waals surface area contributed by atoms with Gasteiger partial charge in [0.05, 0.1) is 0 Å². The molecule has 0 atom stereocenters. The Morgan fingerprint density at radius 3 is 2.33 bits per heavy atom. The van der Waals surface area contributed by atoms with E-state index >= 15 is 0 Å². The molecule has 0 fully saturated rings. The van der Waals surface area contributed by atoms with Crippen molar-refractivity contribution in [2.24, 2.45) is 0 Å². The standard InChI is InChI=1S/C25H22O2/c1-14-9-8-12-21-23(20-11-7-6-10-19(20)18(5)26)22-16(3)13-15(2)17(4)25(22)27-24(14)21/h6-13H,2H2,1,3-5H3. The molecule has 1 aliphatic rings. The Bertz CT molecular complexity index is 1220. The number of ketones is 1. The highest BCUT2D eigenvalue weighted by molar-refractivity contribution is 6.02. The van der Waals surface area contributed by atoms with E-state index in [0.29, 0.717) is 0 Å². The van der Waals surface area contributed by atoms with E-state index in [1.54, 1.807) is 6.92 Å². The molecule has 0 amide bonds. The van der Waals surface area contributed by atoms with Gasteiger partial charge in [0.15, 0.2) is 5.78 Å². The zero-order valence-electron chi connectivity index (χ0n) is 16.1. The van der Waals surface area contributed by atoms with Crippen molar-refractivity contribution in [3.8, 4) is 11.5 Å². The van der Waals surface area contributed by atoms with Crippen LogP contribution >= 0.6 is 0 Å². The normalized spacial score (nSPS) is 12.2. The second-order valence-corrected chi connectivity index (χ2v) is 7.21. The van der Waals surface area contributed by atoms with Crippen molar-refractivity contribution in [2.45, 2.75) is 27.7 Å². The van der Waals surface area contributed by atoms with Crippen LogP contribution in [0.1, 0.15) is 45.1 Å². The van der Waals surface area contributed by atoms with E-state index in [9.17, 15) is 4.79 Å². The summed E-state index contributed by atoms with van der Waals surface area (Å²) in [7, 11) is 0. The molecule has 0 N–H and O–H groups in total. The summed E-state index contributed by atoms with van der Waals surface area (Å²) in [4.78, 5) is 12.4. The maximum Gasteiger partial charge on any atom is 0.160 e. The fourth-order valence-electron chi connectivity index (χ4n) is 3.90. The molecule has 0 spiro atoms. The van der Waals surface area contributed by atoms with E-state index in [1.165, 1.54) is 0 Å². The van der Waals surface area contributed by atoms with Gasteiger partial charge in [-0.1, -0.05) is 55.1 Å². The molecule has 0 aromatic heterocycles. The van der Waals surface area contributed by atoms with Gasteiger partial charge in [0, 0.05) is 21.9 Å². The predicted molar refractivity (Wildman–Crippen MR) is 110 cm³/mol. The Hall–Kier alpha value is -3.13. The van der Waals surface area contributed by atoms with Gasteiger partial charge in [0.1, 0.15) is 11.5 Å². The molecule has 1 aliphatic heterocycles. The van der Waals surface area contributed by atoms with Crippen LogP contribution in [0.5, 0.6) is 11.5 Å². The Morgan fingerprint density at radius 1 is 0.889 bits per heavy atom. The van der Waals surface area contributed by atoms with Gasteiger partial charge in [0.25, 0.3) is 0 Å². The number of carbonyl (C=O) groups excluding carboxylic acids is 1. The number of aryl methyl sites for hydroxylation is 2. The SMILES string of the molecule is C=c1cc(C)c2c(c1C)Oc1c(C)cccc1C=2c1ccccc1C(C)=O. The first-order chi connectivity index (χ1) is 12.9. The van der Waals surface area contributed by atoms with Crippen LogP contribution in [-0.4, -0.2) is 5.78 Å². The average molecular weight is 354 g/mol. The molecule has 4 rings (SSSR count). The van der Waals surface area contributed by atoms with Gasteiger partial charge in [-0.25, -0.2) is 0 Å². The Labute approximate surface area is 159 Å². The fraction of sp³-hybridized carbons (Fsp3) is 0.160. The molecule has 134 valence electrons. The van der Waals surface area contributed by atoms with Crippen LogP contribution in [0.4, 0.5) is 0 Å². The quantitative estimate of drug-likeness (QED) is 0.493. The number of benzene rings is 3. The smallest absolute Gasteiger partial charge is 0.160 e. The summed E-state index contributed by atoms with van der Waals surface area (Å²) < 4.78 is 6.41. The minimum Gasteiger partial charge on any atom is -0.455 e. The van der Waals surface area contributed by atoms with Crippen LogP contribution < -0.4 is 15.2 Å². The Morgan fingerprint density at radius 2 is 1.59 bits per heavy atom. The summed E-state index contributed by atoms with van der Waals surface area (Å²) in [5.74, 6) is 1.75. The molecule has 3 aromatic carbocycles. The van der Waals surface area contributed by atoms with Crippen molar-refractivity contribution in [1.82, 2.24) is 0 Å². The lowest BCUT2D eigenvalue weighted by molar-refractivity contribution is 0.101. The van der Waals surface area contributed by atoms with E-state index in [0.717, 1.165) is 60.9 Å². The molecule has 2 heteroatoms. The van der Waals surface area contributed by atoms with Crippen LogP contribution in [0.15, 0.2) is 48.5 Å². The summed E-state index contributed by atoms with van der Waals surface area (Å²) in [6, 6.07) is 16.1. The molecular weight excluding hydrogens is 332 g/mol. The van der Waals surface area contributed by atoms with E-state index in [1.807, 2.05) is 37.3 Å². The first kappa shape index (κ1) is 17.3. The van der Waals surface area contributed by atoms with E-state index < -0.39 is 0 Å². The molecule has 0 radical (unpaired) electrons. The maximum atomic E-state index is 12.4. The molecule has 27 heavy (non-hydrogen) atoms. The second kappa shape index (κ2) is 6.24. The maximum absolute atomic E-state index is 12.4. The third-order valence-electron chi connectivity index (χ3n) is 5.35. The van der Waals surface area contributed by atoms with Gasteiger partial charge < -0.3 is 4.74 Å². The lowest BCUT2D eigenvalue weighted by Crippen LogP contribution is -2.26. The van der Waals surface area contributed by atoms with E-state index in [-0.39, 0.29) is 5.78 Å². The van der Waals surface area contributed by atoms with Crippen LogP contribution in [-0.2, 0) is 0 Å². The number of hydrogen-bond acceptors (Lipinski definition) is 2. The number of fused-ring (bicyclic) bond motifs is 2. The number of hydrogen-bond donors (Lipinski definition) is 0. The third-order valence-corrected chi connectivity index (χ3v) is 5.35. The van der Waals surface area contributed by atoms with E-state index in [2.05, 4.69) is 38.6 Å². The largest absolute Gasteiger partial charge is 0.455 e. The molecule has 0 saturated heterocycles. The van der Waals surface area contributed by atoms with Crippen molar-refractivity contribution in [1.29, 1.82) is 0 Å². The van der Waals surface area contributed by atoms with Gasteiger partial charge >= 0.3 is 0 Å². The van der Waals surface area contributed by atoms with Crippen LogP contribution in [0.3, 0.4) is 0 Å². The molecule has 1 heterocycles. The number of para-hydroxylation sites is 1. The highest BCUT2D eigenvalue weighted by atomic mass is 16.5. The van der Waals surface area contributed by atoms with Crippen molar-refractivity contribution < 1.29 is 9.53 Å². The highest BCUT2D eigenvalue weighted by Crippen LogP contribution is 2.40. The molecule has 2 nitrogen and oxygen atoms in total. The number of Topliss-reactive ketones (excluding diaryl/α,β-unsaturated/α-hetero) is 1. The lowest BCUT2D eigenvalue weighted by Gasteiger charge is -2.26. The lowest BCUT2D eigenvalue weighted by atomic mass is 9.86. The molecule has 0 bridgehead atoms. The van der Waals surface area contributed by atoms with E-state index in [4.69, 9.17) is 4.74 Å². The van der Waals surface area contributed by atoms with Crippen LogP contribution in [0.25, 0.3) is 12.2 Å². The molecule has 0 saturated carbocycles.